The van der Waals surface area contributed by atoms with Gasteiger partial charge in [0.1, 0.15) is 0 Å². The molecule has 0 aliphatic carbocycles. The number of hydrogen-bond acceptors (Lipinski definition) is 5. The van der Waals surface area contributed by atoms with Gasteiger partial charge in [-0.3, -0.25) is 9.69 Å². The number of amides is 1. The van der Waals surface area contributed by atoms with E-state index in [1.807, 2.05) is 24.7 Å². The van der Waals surface area contributed by atoms with E-state index in [1.54, 1.807) is 0 Å². The monoisotopic (exact) mass is 424 g/mol. The zero-order valence-electron chi connectivity index (χ0n) is 18.9. The predicted octanol–water partition coefficient (Wildman–Crippen LogP) is 2.76. The van der Waals surface area contributed by atoms with Crippen molar-refractivity contribution in [1.82, 2.24) is 30.1 Å². The van der Waals surface area contributed by atoms with Crippen LogP contribution in [0.4, 0.5) is 0 Å². The smallest absolute Gasteiger partial charge is 0.273 e. The molecule has 7 nitrogen and oxygen atoms in total. The summed E-state index contributed by atoms with van der Waals surface area (Å²) in [4.78, 5) is 17.5. The maximum Gasteiger partial charge on any atom is 0.273 e. The summed E-state index contributed by atoms with van der Waals surface area (Å²) in [5.74, 6) is -0.142. The molecule has 2 aromatic rings. The molecule has 1 atom stereocenters. The molecule has 3 heterocycles. The Labute approximate surface area is 185 Å². The van der Waals surface area contributed by atoms with E-state index >= 15 is 0 Å². The fourth-order valence-electron chi connectivity index (χ4n) is 4.87. The van der Waals surface area contributed by atoms with Gasteiger partial charge in [0.25, 0.3) is 5.91 Å². The quantitative estimate of drug-likeness (QED) is 0.740. The van der Waals surface area contributed by atoms with Gasteiger partial charge in [-0.15, -0.1) is 5.10 Å². The van der Waals surface area contributed by atoms with Crippen LogP contribution in [0, 0.1) is 0 Å². The molecule has 168 valence electrons. The van der Waals surface area contributed by atoms with Crippen LogP contribution in [0.5, 0.6) is 0 Å². The third kappa shape index (κ3) is 5.92. The largest absolute Gasteiger partial charge is 0.348 e. The summed E-state index contributed by atoms with van der Waals surface area (Å²) in [6.07, 6.45) is 7.70. The first-order valence-electron chi connectivity index (χ1n) is 11.8. The Morgan fingerprint density at radius 3 is 2.61 bits per heavy atom. The molecule has 2 aliphatic heterocycles. The molecule has 0 bridgehead atoms. The van der Waals surface area contributed by atoms with E-state index in [0.29, 0.717) is 17.8 Å². The summed E-state index contributed by atoms with van der Waals surface area (Å²) < 4.78 is 1.91. The highest BCUT2D eigenvalue weighted by molar-refractivity contribution is 5.91. The fourth-order valence-corrected chi connectivity index (χ4v) is 4.87. The summed E-state index contributed by atoms with van der Waals surface area (Å²) in [7, 11) is 0. The first-order chi connectivity index (χ1) is 15.1. The third-order valence-electron chi connectivity index (χ3n) is 6.60. The van der Waals surface area contributed by atoms with Crippen molar-refractivity contribution in [2.24, 2.45) is 0 Å². The lowest BCUT2D eigenvalue weighted by Gasteiger charge is -2.42. The van der Waals surface area contributed by atoms with Gasteiger partial charge < -0.3 is 10.2 Å². The average molecular weight is 425 g/mol. The molecule has 2 aliphatic rings. The van der Waals surface area contributed by atoms with Crippen LogP contribution in [-0.2, 0) is 6.42 Å². The lowest BCUT2D eigenvalue weighted by atomic mass is 9.97. The van der Waals surface area contributed by atoms with Crippen LogP contribution in [0.3, 0.4) is 0 Å². The minimum Gasteiger partial charge on any atom is -0.348 e. The van der Waals surface area contributed by atoms with Crippen molar-refractivity contribution in [2.45, 2.75) is 64.1 Å². The number of nitrogens with zero attached hydrogens (tertiary/aromatic N) is 5. The molecule has 4 rings (SSSR count). The molecular formula is C24H36N6O. The second-order valence-electron chi connectivity index (χ2n) is 9.31. The average Bonchev–Trinajstić information content (AvgIpc) is 3.29. The van der Waals surface area contributed by atoms with Crippen LogP contribution >= 0.6 is 0 Å². The normalized spacial score (nSPS) is 21.5. The predicted molar refractivity (Wildman–Crippen MR) is 122 cm³/mol. The van der Waals surface area contributed by atoms with Gasteiger partial charge >= 0.3 is 0 Å². The number of rotatable bonds is 7. The van der Waals surface area contributed by atoms with Crippen molar-refractivity contribution in [3.8, 4) is 0 Å². The number of piperidine rings is 2. The molecule has 1 aromatic carbocycles. The minimum atomic E-state index is -0.142. The second kappa shape index (κ2) is 10.4. The van der Waals surface area contributed by atoms with Crippen molar-refractivity contribution >= 4 is 5.91 Å². The summed E-state index contributed by atoms with van der Waals surface area (Å²) in [6.45, 7) is 9.59. The van der Waals surface area contributed by atoms with Crippen molar-refractivity contribution in [3.05, 3.63) is 47.8 Å². The number of benzene rings is 1. The van der Waals surface area contributed by atoms with Gasteiger partial charge in [0.15, 0.2) is 5.69 Å². The first kappa shape index (κ1) is 22.0. The van der Waals surface area contributed by atoms with E-state index in [0.717, 1.165) is 25.9 Å². The SMILES string of the molecule is CC(C)NC(=O)c1cn(C2CCCN(C3CCN(CCc4ccccc4)CC3)C2)nn1. The molecule has 7 heteroatoms. The zero-order valence-corrected chi connectivity index (χ0v) is 18.9. The van der Waals surface area contributed by atoms with E-state index in [1.165, 1.54) is 44.5 Å². The van der Waals surface area contributed by atoms with Gasteiger partial charge in [-0.25, -0.2) is 4.68 Å². The van der Waals surface area contributed by atoms with E-state index < -0.39 is 0 Å². The van der Waals surface area contributed by atoms with Gasteiger partial charge in [0, 0.05) is 25.2 Å². The molecular weight excluding hydrogens is 388 g/mol. The van der Waals surface area contributed by atoms with E-state index in [4.69, 9.17) is 0 Å². The summed E-state index contributed by atoms with van der Waals surface area (Å²) >= 11 is 0. The molecule has 0 saturated carbocycles. The maximum atomic E-state index is 12.2. The van der Waals surface area contributed by atoms with Gasteiger partial charge in [-0.2, -0.15) is 0 Å². The Morgan fingerprint density at radius 1 is 1.10 bits per heavy atom. The van der Waals surface area contributed by atoms with E-state index in [-0.39, 0.29) is 11.9 Å². The van der Waals surface area contributed by atoms with Crippen LogP contribution < -0.4 is 5.32 Å². The molecule has 31 heavy (non-hydrogen) atoms. The van der Waals surface area contributed by atoms with Crippen LogP contribution in [0.1, 0.15) is 61.6 Å². The van der Waals surface area contributed by atoms with Crippen LogP contribution in [-0.4, -0.2) is 75.5 Å². The number of carbonyl (C=O) groups excluding carboxylic acids is 1. The molecule has 0 spiro atoms. The molecule has 2 fully saturated rings. The molecule has 2 saturated heterocycles. The standard InChI is InChI=1S/C24H36N6O/c1-19(2)25-24(31)23-18-30(27-26-23)22-9-6-13-29(17-22)21-11-15-28(16-12-21)14-10-20-7-4-3-5-8-20/h3-5,7-8,18-19,21-22H,6,9-17H2,1-2H3,(H,25,31). The topological polar surface area (TPSA) is 66.3 Å². The Bertz CT molecular complexity index is 828. The highest BCUT2D eigenvalue weighted by atomic mass is 16.2. The molecule has 0 radical (unpaired) electrons. The molecule has 1 N–H and O–H groups in total. The van der Waals surface area contributed by atoms with Gasteiger partial charge in [0.05, 0.1) is 12.2 Å². The van der Waals surface area contributed by atoms with E-state index in [2.05, 4.69) is 55.8 Å². The van der Waals surface area contributed by atoms with Gasteiger partial charge in [0.2, 0.25) is 0 Å². The number of hydrogen-bond donors (Lipinski definition) is 1. The number of aromatic nitrogens is 3. The van der Waals surface area contributed by atoms with Gasteiger partial charge in [-0.05, 0) is 71.1 Å². The van der Waals surface area contributed by atoms with Crippen molar-refractivity contribution in [2.75, 3.05) is 32.7 Å². The lowest BCUT2D eigenvalue weighted by molar-refractivity contribution is 0.0711. The highest BCUT2D eigenvalue weighted by Gasteiger charge is 2.30. The Balaban J connectivity index is 1.26. The summed E-state index contributed by atoms with van der Waals surface area (Å²) in [5, 5.41) is 11.3. The first-order valence-corrected chi connectivity index (χ1v) is 11.8. The summed E-state index contributed by atoms with van der Waals surface area (Å²) in [6, 6.07) is 11.8. The van der Waals surface area contributed by atoms with E-state index in [9.17, 15) is 4.79 Å². The Kier molecular flexibility index (Phi) is 7.35. The van der Waals surface area contributed by atoms with Crippen molar-refractivity contribution in [3.63, 3.8) is 0 Å². The van der Waals surface area contributed by atoms with Gasteiger partial charge in [-0.1, -0.05) is 35.5 Å². The Hall–Kier alpha value is -2.25. The lowest BCUT2D eigenvalue weighted by Crippen LogP contribution is -2.49. The van der Waals surface area contributed by atoms with Crippen LogP contribution in [0.15, 0.2) is 36.5 Å². The van der Waals surface area contributed by atoms with Crippen LogP contribution in [0.2, 0.25) is 0 Å². The highest BCUT2D eigenvalue weighted by Crippen LogP contribution is 2.26. The third-order valence-corrected chi connectivity index (χ3v) is 6.60. The van der Waals surface area contributed by atoms with Crippen molar-refractivity contribution < 1.29 is 4.79 Å². The summed E-state index contributed by atoms with van der Waals surface area (Å²) in [5.41, 5.74) is 1.84. The Morgan fingerprint density at radius 2 is 1.87 bits per heavy atom. The van der Waals surface area contributed by atoms with Crippen LogP contribution in [0.25, 0.3) is 0 Å². The number of nitrogens with one attached hydrogen (secondary N) is 1. The number of carbonyl (C=O) groups is 1. The molecule has 1 amide bonds. The molecule has 1 aromatic heterocycles. The van der Waals surface area contributed by atoms with Crippen molar-refractivity contribution in [1.29, 1.82) is 0 Å². The number of likely N-dealkylation sites (tertiary alicyclic amines) is 2. The second-order valence-corrected chi connectivity index (χ2v) is 9.31. The fraction of sp³-hybridized carbons (Fsp3) is 0.625. The zero-order chi connectivity index (χ0) is 21.6. The minimum absolute atomic E-state index is 0.0985. The molecule has 1 unspecified atom stereocenters. The maximum absolute atomic E-state index is 12.2.